The van der Waals surface area contributed by atoms with Crippen LogP contribution in [-0.2, 0) is 0 Å². The number of nitrogens with zero attached hydrogens (tertiary/aromatic N) is 1. The predicted molar refractivity (Wildman–Crippen MR) is 59.3 cm³/mol. The van der Waals surface area contributed by atoms with Crippen molar-refractivity contribution in [3.8, 4) is 0 Å². The predicted octanol–water partition coefficient (Wildman–Crippen LogP) is 0.686. The first-order valence-electron chi connectivity index (χ1n) is 5.61. The number of hydrogen-bond donors (Lipinski definition) is 2. The van der Waals surface area contributed by atoms with Crippen LogP contribution < -0.4 is 5.32 Å². The van der Waals surface area contributed by atoms with E-state index in [1.807, 2.05) is 6.92 Å². The summed E-state index contributed by atoms with van der Waals surface area (Å²) in [6.45, 7) is 7.97. The third kappa shape index (κ3) is 2.94. The monoisotopic (exact) mass is 200 g/mol. The Morgan fingerprint density at radius 2 is 2.14 bits per heavy atom. The van der Waals surface area contributed by atoms with E-state index in [0.717, 1.165) is 6.54 Å². The molecule has 3 heteroatoms. The molecule has 1 heterocycles. The molecule has 0 spiro atoms. The van der Waals surface area contributed by atoms with Crippen molar-refractivity contribution in [2.75, 3.05) is 20.2 Å². The first-order valence-corrected chi connectivity index (χ1v) is 5.61. The van der Waals surface area contributed by atoms with E-state index in [0.29, 0.717) is 18.0 Å². The van der Waals surface area contributed by atoms with Gasteiger partial charge in [-0.15, -0.1) is 0 Å². The van der Waals surface area contributed by atoms with Gasteiger partial charge in [0.15, 0.2) is 0 Å². The van der Waals surface area contributed by atoms with E-state index in [1.54, 1.807) is 0 Å². The highest BCUT2D eigenvalue weighted by atomic mass is 16.3. The molecule has 1 aliphatic heterocycles. The summed E-state index contributed by atoms with van der Waals surface area (Å²) < 4.78 is 0. The van der Waals surface area contributed by atoms with Gasteiger partial charge in [-0.1, -0.05) is 6.92 Å². The van der Waals surface area contributed by atoms with Crippen molar-refractivity contribution >= 4 is 0 Å². The smallest absolute Gasteiger partial charge is 0.0582 e. The highest BCUT2D eigenvalue weighted by Crippen LogP contribution is 2.20. The number of nitrogens with one attached hydrogen (secondary N) is 1. The van der Waals surface area contributed by atoms with Crippen LogP contribution in [-0.4, -0.2) is 48.3 Å². The van der Waals surface area contributed by atoms with Gasteiger partial charge in [0, 0.05) is 24.7 Å². The van der Waals surface area contributed by atoms with Gasteiger partial charge in [0.2, 0.25) is 0 Å². The summed E-state index contributed by atoms with van der Waals surface area (Å²) in [5.41, 5.74) is 0. The molecule has 0 saturated carbocycles. The van der Waals surface area contributed by atoms with E-state index in [9.17, 15) is 0 Å². The minimum absolute atomic E-state index is 0.220. The van der Waals surface area contributed by atoms with Gasteiger partial charge in [-0.05, 0) is 33.2 Å². The second-order valence-corrected chi connectivity index (χ2v) is 4.86. The summed E-state index contributed by atoms with van der Waals surface area (Å²) in [5, 5.41) is 12.5. The van der Waals surface area contributed by atoms with Crippen LogP contribution in [0.25, 0.3) is 0 Å². The minimum Gasteiger partial charge on any atom is -0.395 e. The van der Waals surface area contributed by atoms with Crippen LogP contribution in [0.3, 0.4) is 0 Å². The lowest BCUT2D eigenvalue weighted by molar-refractivity contribution is 0.109. The fourth-order valence-corrected chi connectivity index (χ4v) is 2.19. The Morgan fingerprint density at radius 1 is 1.50 bits per heavy atom. The van der Waals surface area contributed by atoms with Crippen molar-refractivity contribution in [3.63, 3.8) is 0 Å². The molecule has 0 aromatic carbocycles. The molecule has 1 fully saturated rings. The van der Waals surface area contributed by atoms with E-state index in [4.69, 9.17) is 5.11 Å². The maximum Gasteiger partial charge on any atom is 0.0582 e. The van der Waals surface area contributed by atoms with Crippen LogP contribution in [0.4, 0.5) is 0 Å². The van der Waals surface area contributed by atoms with E-state index in [-0.39, 0.29) is 12.6 Å². The molecule has 1 aliphatic rings. The Bertz CT molecular complexity index is 173. The molecule has 0 radical (unpaired) electrons. The Kier molecular flexibility index (Phi) is 4.35. The number of aliphatic hydroxyl groups excluding tert-OH is 1. The van der Waals surface area contributed by atoms with Gasteiger partial charge in [0.05, 0.1) is 6.61 Å². The molecule has 4 atom stereocenters. The van der Waals surface area contributed by atoms with Gasteiger partial charge in [-0.25, -0.2) is 0 Å². The lowest BCUT2D eigenvalue weighted by atomic mass is 9.89. The molecule has 0 bridgehead atoms. The average Bonchev–Trinajstić information content (AvgIpc) is 2.14. The quantitative estimate of drug-likeness (QED) is 0.703. The zero-order chi connectivity index (χ0) is 10.7. The van der Waals surface area contributed by atoms with Crippen molar-refractivity contribution in [2.45, 2.75) is 45.3 Å². The Balaban J connectivity index is 2.44. The van der Waals surface area contributed by atoms with E-state index in [2.05, 4.69) is 31.1 Å². The molecule has 0 aromatic rings. The maximum atomic E-state index is 9.00. The Labute approximate surface area is 87.5 Å². The summed E-state index contributed by atoms with van der Waals surface area (Å²) in [7, 11) is 2.19. The van der Waals surface area contributed by atoms with E-state index < -0.39 is 0 Å². The summed E-state index contributed by atoms with van der Waals surface area (Å²) in [5.74, 6) is 0.671. The molecule has 14 heavy (non-hydrogen) atoms. The Morgan fingerprint density at radius 3 is 2.71 bits per heavy atom. The van der Waals surface area contributed by atoms with Gasteiger partial charge < -0.3 is 15.3 Å². The fourth-order valence-electron chi connectivity index (χ4n) is 2.19. The van der Waals surface area contributed by atoms with Crippen molar-refractivity contribution in [2.24, 2.45) is 5.92 Å². The molecule has 2 N–H and O–H groups in total. The number of rotatable bonds is 3. The van der Waals surface area contributed by atoms with Gasteiger partial charge in [-0.2, -0.15) is 0 Å². The second kappa shape index (κ2) is 5.10. The lowest BCUT2D eigenvalue weighted by Crippen LogP contribution is -2.53. The number of likely N-dealkylation sites (tertiary alicyclic amines) is 1. The molecule has 84 valence electrons. The number of aliphatic hydroxyl groups is 1. The van der Waals surface area contributed by atoms with Gasteiger partial charge >= 0.3 is 0 Å². The van der Waals surface area contributed by atoms with E-state index in [1.165, 1.54) is 6.42 Å². The molecular weight excluding hydrogens is 176 g/mol. The van der Waals surface area contributed by atoms with E-state index >= 15 is 0 Å². The first-order chi connectivity index (χ1) is 6.54. The number of piperidine rings is 1. The lowest BCUT2D eigenvalue weighted by Gasteiger charge is -2.41. The molecular formula is C11H24N2O. The Hall–Kier alpha value is -0.120. The molecule has 0 aromatic heterocycles. The van der Waals surface area contributed by atoms with Gasteiger partial charge in [-0.3, -0.25) is 0 Å². The number of hydrogen-bond acceptors (Lipinski definition) is 3. The van der Waals surface area contributed by atoms with Gasteiger partial charge in [0.25, 0.3) is 0 Å². The van der Waals surface area contributed by atoms with Crippen LogP contribution in [0, 0.1) is 5.92 Å². The minimum atomic E-state index is 0.220. The highest BCUT2D eigenvalue weighted by Gasteiger charge is 2.29. The molecule has 0 amide bonds. The van der Waals surface area contributed by atoms with Crippen LogP contribution >= 0.6 is 0 Å². The van der Waals surface area contributed by atoms with Crippen LogP contribution in [0.5, 0.6) is 0 Å². The second-order valence-electron chi connectivity index (χ2n) is 4.86. The SMILES string of the molecule is CC(CO)NC1CC(C)N(C)CC1C. The van der Waals surface area contributed by atoms with Crippen molar-refractivity contribution in [1.29, 1.82) is 0 Å². The fraction of sp³-hybridized carbons (Fsp3) is 1.00. The zero-order valence-electron chi connectivity index (χ0n) is 9.83. The first kappa shape index (κ1) is 12.0. The summed E-state index contributed by atoms with van der Waals surface area (Å²) in [4.78, 5) is 2.41. The van der Waals surface area contributed by atoms with Crippen LogP contribution in [0.2, 0.25) is 0 Å². The molecule has 1 saturated heterocycles. The third-order valence-electron chi connectivity index (χ3n) is 3.38. The van der Waals surface area contributed by atoms with Crippen molar-refractivity contribution in [1.82, 2.24) is 10.2 Å². The van der Waals surface area contributed by atoms with Crippen LogP contribution in [0.1, 0.15) is 27.2 Å². The van der Waals surface area contributed by atoms with Crippen LogP contribution in [0.15, 0.2) is 0 Å². The summed E-state index contributed by atoms with van der Waals surface area (Å²) in [6, 6.07) is 1.43. The molecule has 4 unspecified atom stereocenters. The maximum absolute atomic E-state index is 9.00. The average molecular weight is 200 g/mol. The molecule has 0 aliphatic carbocycles. The van der Waals surface area contributed by atoms with Crippen molar-refractivity contribution < 1.29 is 5.11 Å². The third-order valence-corrected chi connectivity index (χ3v) is 3.38. The molecule has 1 rings (SSSR count). The van der Waals surface area contributed by atoms with Gasteiger partial charge in [0.1, 0.15) is 0 Å². The normalized spacial score (nSPS) is 37.1. The zero-order valence-corrected chi connectivity index (χ0v) is 9.83. The topological polar surface area (TPSA) is 35.5 Å². The summed E-state index contributed by atoms with van der Waals surface area (Å²) in [6.07, 6.45) is 1.18. The summed E-state index contributed by atoms with van der Waals surface area (Å²) >= 11 is 0. The molecule has 3 nitrogen and oxygen atoms in total. The highest BCUT2D eigenvalue weighted by molar-refractivity contribution is 4.87. The van der Waals surface area contributed by atoms with Crippen molar-refractivity contribution in [3.05, 3.63) is 0 Å². The standard InChI is InChI=1S/C11H24N2O/c1-8-6-13(4)10(3)5-11(8)12-9(2)7-14/h8-12,14H,5-7H2,1-4H3. The largest absolute Gasteiger partial charge is 0.395 e.